The van der Waals surface area contributed by atoms with Gasteiger partial charge < -0.3 is 19.6 Å². The van der Waals surface area contributed by atoms with Gasteiger partial charge in [0.15, 0.2) is 0 Å². The van der Waals surface area contributed by atoms with Crippen LogP contribution < -0.4 is 0 Å². The highest BCUT2D eigenvalue weighted by Gasteiger charge is 2.22. The molecule has 0 unspecified atom stereocenters. The fraction of sp³-hybridized carbons (Fsp3) is 0.333. The number of benzene rings is 2. The topological polar surface area (TPSA) is 81.2 Å². The zero-order valence-electron chi connectivity index (χ0n) is 23.0. The molecule has 2 heterocycles. The van der Waals surface area contributed by atoms with E-state index in [1.54, 1.807) is 43.9 Å². The van der Waals surface area contributed by atoms with Crippen LogP contribution in [0.2, 0.25) is 10.0 Å². The number of nitrogens with zero attached hydrogens (tertiary/aromatic N) is 4. The van der Waals surface area contributed by atoms with Gasteiger partial charge in [0.1, 0.15) is 0 Å². The summed E-state index contributed by atoms with van der Waals surface area (Å²) >= 11 is 14.5. The Balaban J connectivity index is 1.31. The molecule has 4 amide bonds. The van der Waals surface area contributed by atoms with Crippen LogP contribution in [0, 0.1) is 0 Å². The molecule has 8 nitrogen and oxygen atoms in total. The van der Waals surface area contributed by atoms with Crippen molar-refractivity contribution >= 4 is 70.7 Å². The third-order valence-electron chi connectivity index (χ3n) is 7.04. The number of carbonyl (C=O) groups excluding carboxylic acids is 4. The van der Waals surface area contributed by atoms with Crippen molar-refractivity contribution < 1.29 is 19.2 Å². The first-order valence-electron chi connectivity index (χ1n) is 13.3. The first-order valence-corrected chi connectivity index (χ1v) is 14.9. The predicted octanol–water partition coefficient (Wildman–Crippen LogP) is 4.55. The Bertz CT molecular complexity index is 1280. The minimum Gasteiger partial charge on any atom is -0.339 e. The molecule has 2 aliphatic rings. The summed E-state index contributed by atoms with van der Waals surface area (Å²) in [7, 11) is 0. The highest BCUT2D eigenvalue weighted by atomic mass is 35.5. The van der Waals surface area contributed by atoms with E-state index in [0.29, 0.717) is 62.4 Å². The molecule has 2 aromatic carbocycles. The summed E-state index contributed by atoms with van der Waals surface area (Å²) in [6.45, 7) is 7.34. The Morgan fingerprint density at radius 2 is 0.951 bits per heavy atom. The maximum atomic E-state index is 12.5. The van der Waals surface area contributed by atoms with E-state index < -0.39 is 0 Å². The molecule has 11 heteroatoms. The van der Waals surface area contributed by atoms with Gasteiger partial charge in [0.25, 0.3) is 0 Å². The SMILES string of the molecule is CC(=O)N1CCN(C(=O)C=Cc2ccc(Sc3ccc(C=CC(=O)N4CCN(C(C)=O)CC4)cc3Cl)c(Cl)c2)CC1. The van der Waals surface area contributed by atoms with Crippen molar-refractivity contribution in [2.24, 2.45) is 0 Å². The van der Waals surface area contributed by atoms with Crippen LogP contribution in [0.3, 0.4) is 0 Å². The second kappa shape index (κ2) is 14.1. The Morgan fingerprint density at radius 3 is 1.27 bits per heavy atom. The van der Waals surface area contributed by atoms with Crippen molar-refractivity contribution in [1.82, 2.24) is 19.6 Å². The predicted molar refractivity (Wildman–Crippen MR) is 163 cm³/mol. The number of piperazine rings is 2. The van der Waals surface area contributed by atoms with E-state index in [0.717, 1.165) is 20.9 Å². The summed E-state index contributed by atoms with van der Waals surface area (Å²) in [6, 6.07) is 11.1. The van der Waals surface area contributed by atoms with Crippen molar-refractivity contribution in [3.63, 3.8) is 0 Å². The highest BCUT2D eigenvalue weighted by Crippen LogP contribution is 2.38. The lowest BCUT2D eigenvalue weighted by Crippen LogP contribution is -2.49. The van der Waals surface area contributed by atoms with E-state index in [1.807, 2.05) is 24.3 Å². The minimum atomic E-state index is -0.0963. The Kier molecular flexibility index (Phi) is 10.5. The van der Waals surface area contributed by atoms with Crippen molar-refractivity contribution in [1.29, 1.82) is 0 Å². The van der Waals surface area contributed by atoms with E-state index >= 15 is 0 Å². The van der Waals surface area contributed by atoms with Gasteiger partial charge in [-0.2, -0.15) is 0 Å². The molecule has 4 rings (SSSR count). The molecule has 0 radical (unpaired) electrons. The third kappa shape index (κ3) is 8.38. The van der Waals surface area contributed by atoms with Gasteiger partial charge in [0, 0.05) is 88.1 Å². The number of amides is 4. The number of hydrogen-bond acceptors (Lipinski definition) is 5. The summed E-state index contributed by atoms with van der Waals surface area (Å²) in [5.41, 5.74) is 1.60. The zero-order chi connectivity index (χ0) is 29.5. The number of carbonyl (C=O) groups is 4. The monoisotopic (exact) mass is 614 g/mol. The molecule has 0 bridgehead atoms. The van der Waals surface area contributed by atoms with Gasteiger partial charge in [-0.3, -0.25) is 19.2 Å². The molecule has 2 saturated heterocycles. The molecule has 2 aromatic rings. The van der Waals surface area contributed by atoms with Gasteiger partial charge in [-0.15, -0.1) is 0 Å². The van der Waals surface area contributed by atoms with E-state index in [4.69, 9.17) is 23.2 Å². The average molecular weight is 616 g/mol. The normalized spacial score (nSPS) is 16.1. The third-order valence-corrected chi connectivity index (χ3v) is 9.04. The van der Waals surface area contributed by atoms with Gasteiger partial charge in [-0.25, -0.2) is 0 Å². The molecule has 0 atom stereocenters. The first kappa shape index (κ1) is 30.7. The van der Waals surface area contributed by atoms with E-state index in [9.17, 15) is 19.2 Å². The van der Waals surface area contributed by atoms with Crippen LogP contribution in [-0.4, -0.2) is 95.6 Å². The number of hydrogen-bond donors (Lipinski definition) is 0. The highest BCUT2D eigenvalue weighted by molar-refractivity contribution is 7.99. The van der Waals surface area contributed by atoms with Crippen LogP contribution in [-0.2, 0) is 19.2 Å². The standard InChI is InChI=1S/C30H32Cl2N4O4S/c1-21(37)33-11-15-35(16-12-33)29(39)9-5-23-3-7-27(25(31)19-23)41-28-8-4-24(20-26(28)32)6-10-30(40)36-17-13-34(14-18-36)22(2)38/h3-10,19-20H,11-18H2,1-2H3. The summed E-state index contributed by atoms with van der Waals surface area (Å²) in [4.78, 5) is 56.6. The van der Waals surface area contributed by atoms with Crippen LogP contribution in [0.25, 0.3) is 12.2 Å². The quantitative estimate of drug-likeness (QED) is 0.446. The van der Waals surface area contributed by atoms with Crippen LogP contribution in [0.1, 0.15) is 25.0 Å². The maximum Gasteiger partial charge on any atom is 0.246 e. The van der Waals surface area contributed by atoms with E-state index in [1.165, 1.54) is 37.8 Å². The molecule has 0 aromatic heterocycles. The Hall–Kier alpha value is -3.27. The van der Waals surface area contributed by atoms with Crippen molar-refractivity contribution in [3.8, 4) is 0 Å². The molecule has 0 N–H and O–H groups in total. The average Bonchev–Trinajstić information content (AvgIpc) is 2.97. The van der Waals surface area contributed by atoms with Gasteiger partial charge in [0.2, 0.25) is 23.6 Å². The van der Waals surface area contributed by atoms with E-state index in [-0.39, 0.29) is 23.6 Å². The fourth-order valence-electron chi connectivity index (χ4n) is 4.55. The van der Waals surface area contributed by atoms with Crippen LogP contribution in [0.5, 0.6) is 0 Å². The van der Waals surface area contributed by atoms with Crippen LogP contribution in [0.15, 0.2) is 58.3 Å². The van der Waals surface area contributed by atoms with Crippen molar-refractivity contribution in [2.75, 3.05) is 52.4 Å². The molecule has 41 heavy (non-hydrogen) atoms. The van der Waals surface area contributed by atoms with Crippen LogP contribution in [0.4, 0.5) is 0 Å². The van der Waals surface area contributed by atoms with Crippen LogP contribution >= 0.6 is 35.0 Å². The second-order valence-electron chi connectivity index (χ2n) is 9.81. The van der Waals surface area contributed by atoms with Gasteiger partial charge in [-0.05, 0) is 47.5 Å². The lowest BCUT2D eigenvalue weighted by atomic mass is 10.2. The van der Waals surface area contributed by atoms with Crippen molar-refractivity contribution in [2.45, 2.75) is 23.6 Å². The Morgan fingerprint density at radius 1 is 0.610 bits per heavy atom. The maximum absolute atomic E-state index is 12.5. The lowest BCUT2D eigenvalue weighted by Gasteiger charge is -2.33. The largest absolute Gasteiger partial charge is 0.339 e. The molecule has 2 aliphatic heterocycles. The number of halogens is 2. The van der Waals surface area contributed by atoms with E-state index in [2.05, 4.69) is 0 Å². The smallest absolute Gasteiger partial charge is 0.246 e. The summed E-state index contributed by atoms with van der Waals surface area (Å²) in [6.07, 6.45) is 6.53. The molecule has 2 fully saturated rings. The molecular weight excluding hydrogens is 583 g/mol. The zero-order valence-corrected chi connectivity index (χ0v) is 25.3. The molecule has 0 aliphatic carbocycles. The van der Waals surface area contributed by atoms with Gasteiger partial charge >= 0.3 is 0 Å². The molecule has 0 spiro atoms. The molecule has 0 saturated carbocycles. The molecule has 216 valence electrons. The summed E-state index contributed by atoms with van der Waals surface area (Å²) in [5.74, 6) is -0.139. The number of rotatable bonds is 6. The first-order chi connectivity index (χ1) is 19.6. The van der Waals surface area contributed by atoms with Gasteiger partial charge in [-0.1, -0.05) is 47.1 Å². The van der Waals surface area contributed by atoms with Gasteiger partial charge in [0.05, 0.1) is 10.0 Å². The second-order valence-corrected chi connectivity index (χ2v) is 11.7. The molecular formula is C30H32Cl2N4O4S. The summed E-state index contributed by atoms with van der Waals surface area (Å²) in [5, 5.41) is 1.07. The summed E-state index contributed by atoms with van der Waals surface area (Å²) < 4.78 is 0. The fourth-order valence-corrected chi connectivity index (χ4v) is 5.99. The van der Waals surface area contributed by atoms with Crippen molar-refractivity contribution in [3.05, 3.63) is 69.7 Å². The Labute approximate surface area is 254 Å². The minimum absolute atomic E-state index is 0.0269. The lowest BCUT2D eigenvalue weighted by molar-refractivity contribution is -0.135.